The highest BCUT2D eigenvalue weighted by Crippen LogP contribution is 2.28. The van der Waals surface area contributed by atoms with Gasteiger partial charge in [-0.1, -0.05) is 0 Å². The first kappa shape index (κ1) is 12.9. The molecule has 2 heterocycles. The Labute approximate surface area is 110 Å². The van der Waals surface area contributed by atoms with Crippen molar-refractivity contribution in [1.82, 2.24) is 9.80 Å². The quantitative estimate of drug-likeness (QED) is 0.826. The van der Waals surface area contributed by atoms with Crippen molar-refractivity contribution in [2.24, 2.45) is 0 Å². The summed E-state index contributed by atoms with van der Waals surface area (Å²) in [5.74, 6) is -0.203. The van der Waals surface area contributed by atoms with Crippen LogP contribution >= 0.6 is 11.3 Å². The molecule has 2 amide bonds. The van der Waals surface area contributed by atoms with Crippen LogP contribution in [0, 0.1) is 0 Å². The predicted octanol–water partition coefficient (Wildman–Crippen LogP) is 1.02. The van der Waals surface area contributed by atoms with Crippen LogP contribution in [0.5, 0.6) is 0 Å². The van der Waals surface area contributed by atoms with Gasteiger partial charge in [-0.2, -0.15) is 0 Å². The summed E-state index contributed by atoms with van der Waals surface area (Å²) in [6.07, 6.45) is 0. The lowest BCUT2D eigenvalue weighted by Gasteiger charge is -2.44. The Bertz CT molecular complexity index is 495. The first-order chi connectivity index (χ1) is 8.35. The monoisotopic (exact) mass is 267 g/mol. The van der Waals surface area contributed by atoms with Gasteiger partial charge in [-0.3, -0.25) is 9.59 Å². The van der Waals surface area contributed by atoms with E-state index < -0.39 is 5.54 Å². The lowest BCUT2D eigenvalue weighted by Crippen LogP contribution is -2.63. The Balaban J connectivity index is 2.31. The molecule has 0 unspecified atom stereocenters. The summed E-state index contributed by atoms with van der Waals surface area (Å²) in [6, 6.07) is 1.71. The van der Waals surface area contributed by atoms with Crippen LogP contribution in [-0.4, -0.2) is 47.3 Å². The molecular weight excluding hydrogens is 250 g/mol. The molecule has 0 radical (unpaired) electrons. The Kier molecular flexibility index (Phi) is 3.06. The molecule has 1 aromatic rings. The molecule has 5 nitrogen and oxygen atoms in total. The molecule has 1 fully saturated rings. The first-order valence-electron chi connectivity index (χ1n) is 5.76. The van der Waals surface area contributed by atoms with E-state index in [-0.39, 0.29) is 11.8 Å². The second kappa shape index (κ2) is 4.28. The van der Waals surface area contributed by atoms with Crippen LogP contribution in [0.15, 0.2) is 11.4 Å². The Morgan fingerprint density at radius 1 is 1.44 bits per heavy atom. The molecule has 2 N–H and O–H groups in total. The maximum atomic E-state index is 12.4. The summed E-state index contributed by atoms with van der Waals surface area (Å²) < 4.78 is 0. The van der Waals surface area contributed by atoms with Crippen LogP contribution in [0.25, 0.3) is 0 Å². The smallest absolute Gasteiger partial charge is 0.266 e. The number of hydrogen-bond acceptors (Lipinski definition) is 4. The van der Waals surface area contributed by atoms with Gasteiger partial charge in [0, 0.05) is 20.1 Å². The minimum atomic E-state index is -0.819. The summed E-state index contributed by atoms with van der Waals surface area (Å²) in [5.41, 5.74) is 5.43. The van der Waals surface area contributed by atoms with E-state index in [2.05, 4.69) is 0 Å². The molecule has 0 aromatic carbocycles. The summed E-state index contributed by atoms with van der Waals surface area (Å²) >= 11 is 1.31. The fourth-order valence-corrected chi connectivity index (χ4v) is 2.95. The minimum Gasteiger partial charge on any atom is -0.397 e. The SMILES string of the molecule is CN1CCN(C(=O)c2sccc2N)C(C)(C)C1=O. The van der Waals surface area contributed by atoms with Gasteiger partial charge in [0.2, 0.25) is 5.91 Å². The fraction of sp³-hybridized carbons (Fsp3) is 0.500. The highest BCUT2D eigenvalue weighted by Gasteiger charge is 2.43. The van der Waals surface area contributed by atoms with Crippen molar-refractivity contribution in [2.45, 2.75) is 19.4 Å². The van der Waals surface area contributed by atoms with E-state index in [0.717, 1.165) is 0 Å². The number of rotatable bonds is 1. The van der Waals surface area contributed by atoms with Gasteiger partial charge in [-0.15, -0.1) is 11.3 Å². The zero-order chi connectivity index (χ0) is 13.5. The van der Waals surface area contributed by atoms with Crippen LogP contribution in [0.3, 0.4) is 0 Å². The van der Waals surface area contributed by atoms with E-state index in [9.17, 15) is 9.59 Å². The second-order valence-corrected chi connectivity index (χ2v) is 5.86. The van der Waals surface area contributed by atoms with Crippen LogP contribution in [0.2, 0.25) is 0 Å². The number of carbonyl (C=O) groups is 2. The van der Waals surface area contributed by atoms with E-state index >= 15 is 0 Å². The lowest BCUT2D eigenvalue weighted by molar-refractivity contribution is -0.144. The van der Waals surface area contributed by atoms with E-state index in [1.165, 1.54) is 11.3 Å². The molecule has 0 spiro atoms. The van der Waals surface area contributed by atoms with Gasteiger partial charge < -0.3 is 15.5 Å². The van der Waals surface area contributed by atoms with E-state index in [0.29, 0.717) is 23.7 Å². The summed E-state index contributed by atoms with van der Waals surface area (Å²) in [7, 11) is 1.76. The number of anilines is 1. The van der Waals surface area contributed by atoms with Crippen molar-refractivity contribution in [3.8, 4) is 0 Å². The topological polar surface area (TPSA) is 66.6 Å². The van der Waals surface area contributed by atoms with Crippen LogP contribution in [0.1, 0.15) is 23.5 Å². The van der Waals surface area contributed by atoms with Gasteiger partial charge in [-0.25, -0.2) is 0 Å². The molecule has 6 heteroatoms. The van der Waals surface area contributed by atoms with Crippen LogP contribution < -0.4 is 5.73 Å². The first-order valence-corrected chi connectivity index (χ1v) is 6.64. The Morgan fingerprint density at radius 3 is 2.67 bits per heavy atom. The summed E-state index contributed by atoms with van der Waals surface area (Å²) in [5, 5.41) is 1.79. The van der Waals surface area contributed by atoms with E-state index in [1.54, 1.807) is 42.1 Å². The van der Waals surface area contributed by atoms with Crippen molar-refractivity contribution in [3.05, 3.63) is 16.3 Å². The van der Waals surface area contributed by atoms with Crippen LogP contribution in [-0.2, 0) is 4.79 Å². The van der Waals surface area contributed by atoms with Gasteiger partial charge in [0.1, 0.15) is 10.4 Å². The van der Waals surface area contributed by atoms with Crippen molar-refractivity contribution in [3.63, 3.8) is 0 Å². The molecule has 18 heavy (non-hydrogen) atoms. The summed E-state index contributed by atoms with van der Waals surface area (Å²) in [6.45, 7) is 4.63. The van der Waals surface area contributed by atoms with Gasteiger partial charge in [-0.05, 0) is 25.3 Å². The fourth-order valence-electron chi connectivity index (χ4n) is 2.18. The molecule has 0 atom stereocenters. The molecule has 1 aromatic heterocycles. The number of nitrogens with zero attached hydrogens (tertiary/aromatic N) is 2. The highest BCUT2D eigenvalue weighted by atomic mass is 32.1. The molecule has 0 aliphatic carbocycles. The number of hydrogen-bond donors (Lipinski definition) is 1. The van der Waals surface area contributed by atoms with Crippen molar-refractivity contribution in [2.75, 3.05) is 25.9 Å². The molecule has 1 aliphatic rings. The average molecular weight is 267 g/mol. The van der Waals surface area contributed by atoms with Crippen molar-refractivity contribution >= 4 is 28.8 Å². The van der Waals surface area contributed by atoms with Gasteiger partial charge in [0.15, 0.2) is 0 Å². The summed E-state index contributed by atoms with van der Waals surface area (Å²) in [4.78, 5) is 28.3. The molecule has 1 aliphatic heterocycles. The zero-order valence-electron chi connectivity index (χ0n) is 10.8. The van der Waals surface area contributed by atoms with Gasteiger partial charge >= 0.3 is 0 Å². The standard InChI is InChI=1S/C12H17N3O2S/c1-12(2)11(17)14(3)5-6-15(12)10(16)9-8(13)4-7-18-9/h4,7H,5-6,13H2,1-3H3. The minimum absolute atomic E-state index is 0.0442. The normalized spacial score (nSPS) is 19.2. The number of carbonyl (C=O) groups excluding carboxylic acids is 2. The lowest BCUT2D eigenvalue weighted by atomic mass is 9.97. The van der Waals surface area contributed by atoms with Gasteiger partial charge in [0.25, 0.3) is 5.91 Å². The third-order valence-electron chi connectivity index (χ3n) is 3.34. The maximum Gasteiger partial charge on any atom is 0.266 e. The third-order valence-corrected chi connectivity index (χ3v) is 4.26. The number of nitrogens with two attached hydrogens (primary N) is 1. The third kappa shape index (κ3) is 1.86. The van der Waals surface area contributed by atoms with Crippen molar-refractivity contribution < 1.29 is 9.59 Å². The molecular formula is C12H17N3O2S. The number of thiophene rings is 1. The highest BCUT2D eigenvalue weighted by molar-refractivity contribution is 7.12. The average Bonchev–Trinajstić information content (AvgIpc) is 2.72. The number of piperazine rings is 1. The molecule has 0 saturated carbocycles. The zero-order valence-corrected chi connectivity index (χ0v) is 11.6. The molecule has 0 bridgehead atoms. The Hall–Kier alpha value is -1.56. The number of likely N-dealkylation sites (N-methyl/N-ethyl adjacent to an activating group) is 1. The van der Waals surface area contributed by atoms with Crippen LogP contribution in [0.4, 0.5) is 5.69 Å². The molecule has 1 saturated heterocycles. The second-order valence-electron chi connectivity index (χ2n) is 4.95. The maximum absolute atomic E-state index is 12.4. The van der Waals surface area contributed by atoms with Crippen molar-refractivity contribution in [1.29, 1.82) is 0 Å². The molecule has 2 rings (SSSR count). The van der Waals surface area contributed by atoms with E-state index in [4.69, 9.17) is 5.73 Å². The molecule has 98 valence electrons. The number of nitrogen functional groups attached to an aromatic ring is 1. The Morgan fingerprint density at radius 2 is 2.11 bits per heavy atom. The number of amides is 2. The van der Waals surface area contributed by atoms with E-state index in [1.807, 2.05) is 0 Å². The van der Waals surface area contributed by atoms with Gasteiger partial charge in [0.05, 0.1) is 5.69 Å². The largest absolute Gasteiger partial charge is 0.397 e. The predicted molar refractivity (Wildman–Crippen MR) is 71.5 cm³/mol.